The SMILES string of the molecule is Cc1cc(C)c(N(CC(C)C(=O)O)S(C)(=O)=O)c(C)c1. The molecule has 5 nitrogen and oxygen atoms in total. The van der Waals surface area contributed by atoms with Crippen molar-refractivity contribution in [3.05, 3.63) is 28.8 Å². The Morgan fingerprint density at radius 3 is 2.05 bits per heavy atom. The van der Waals surface area contributed by atoms with E-state index < -0.39 is 21.9 Å². The smallest absolute Gasteiger partial charge is 0.308 e. The number of carboxylic acid groups (broad SMARTS) is 1. The standard InChI is InChI=1S/C14H21NO4S/c1-9-6-10(2)13(11(3)7-9)15(20(5,18)19)8-12(4)14(16)17/h6-7,12H,8H2,1-5H3,(H,16,17). The number of rotatable bonds is 5. The maximum Gasteiger partial charge on any atom is 0.308 e. The number of benzene rings is 1. The molecule has 0 aromatic heterocycles. The summed E-state index contributed by atoms with van der Waals surface area (Å²) in [6, 6.07) is 3.79. The second-order valence-corrected chi connectivity index (χ2v) is 7.19. The molecule has 0 aliphatic carbocycles. The van der Waals surface area contributed by atoms with Gasteiger partial charge in [-0.05, 0) is 31.9 Å². The number of carbonyl (C=O) groups is 1. The highest BCUT2D eigenvalue weighted by Gasteiger charge is 2.25. The van der Waals surface area contributed by atoms with Crippen molar-refractivity contribution < 1.29 is 18.3 Å². The molecule has 0 bridgehead atoms. The van der Waals surface area contributed by atoms with Crippen LogP contribution < -0.4 is 4.31 Å². The van der Waals surface area contributed by atoms with Gasteiger partial charge in [-0.1, -0.05) is 24.6 Å². The lowest BCUT2D eigenvalue weighted by Crippen LogP contribution is -2.37. The van der Waals surface area contributed by atoms with Crippen LogP contribution in [0.5, 0.6) is 0 Å². The first kappa shape index (κ1) is 16.5. The van der Waals surface area contributed by atoms with Crippen molar-refractivity contribution >= 4 is 21.7 Å². The van der Waals surface area contributed by atoms with E-state index in [0.29, 0.717) is 5.69 Å². The third-order valence-electron chi connectivity index (χ3n) is 3.15. The summed E-state index contributed by atoms with van der Waals surface area (Å²) in [5, 5.41) is 9.00. The second kappa shape index (κ2) is 5.83. The summed E-state index contributed by atoms with van der Waals surface area (Å²) in [5.74, 6) is -1.79. The third kappa shape index (κ3) is 3.72. The number of hydrogen-bond acceptors (Lipinski definition) is 3. The number of carboxylic acids is 1. The first-order chi connectivity index (χ1) is 9.04. The summed E-state index contributed by atoms with van der Waals surface area (Å²) in [6.45, 7) is 7.03. The van der Waals surface area contributed by atoms with Gasteiger partial charge in [0.2, 0.25) is 10.0 Å². The summed E-state index contributed by atoms with van der Waals surface area (Å²) in [7, 11) is -3.53. The molecule has 1 unspecified atom stereocenters. The molecule has 0 aliphatic heterocycles. The molecule has 1 aromatic rings. The van der Waals surface area contributed by atoms with Crippen LogP contribution in [-0.4, -0.2) is 32.3 Å². The Bertz CT molecular complexity index is 599. The zero-order valence-corrected chi connectivity index (χ0v) is 13.3. The minimum atomic E-state index is -3.53. The number of sulfonamides is 1. The van der Waals surface area contributed by atoms with Crippen LogP contribution in [0.4, 0.5) is 5.69 Å². The molecular formula is C14H21NO4S. The van der Waals surface area contributed by atoms with Crippen molar-refractivity contribution in [1.29, 1.82) is 0 Å². The lowest BCUT2D eigenvalue weighted by atomic mass is 10.0. The molecule has 112 valence electrons. The maximum atomic E-state index is 12.0. The Hall–Kier alpha value is -1.56. The van der Waals surface area contributed by atoms with Crippen LogP contribution in [0, 0.1) is 26.7 Å². The van der Waals surface area contributed by atoms with Gasteiger partial charge in [0, 0.05) is 6.54 Å². The maximum absolute atomic E-state index is 12.0. The van der Waals surface area contributed by atoms with Gasteiger partial charge in [-0.15, -0.1) is 0 Å². The van der Waals surface area contributed by atoms with Crippen molar-refractivity contribution in [3.63, 3.8) is 0 Å². The van der Waals surface area contributed by atoms with Crippen molar-refractivity contribution in [3.8, 4) is 0 Å². The predicted octanol–water partition coefficient (Wildman–Crippen LogP) is 2.10. The lowest BCUT2D eigenvalue weighted by molar-refractivity contribution is -0.140. The third-order valence-corrected chi connectivity index (χ3v) is 4.28. The molecule has 1 atom stereocenters. The second-order valence-electron chi connectivity index (χ2n) is 5.28. The zero-order valence-electron chi connectivity index (χ0n) is 12.5. The number of hydrogen-bond donors (Lipinski definition) is 1. The molecule has 1 aromatic carbocycles. The van der Waals surface area contributed by atoms with E-state index in [2.05, 4.69) is 0 Å². The van der Waals surface area contributed by atoms with Crippen LogP contribution in [-0.2, 0) is 14.8 Å². The van der Waals surface area contributed by atoms with Crippen LogP contribution >= 0.6 is 0 Å². The van der Waals surface area contributed by atoms with Gasteiger partial charge in [-0.2, -0.15) is 0 Å². The van der Waals surface area contributed by atoms with Gasteiger partial charge >= 0.3 is 5.97 Å². The minimum absolute atomic E-state index is 0.0705. The van der Waals surface area contributed by atoms with Crippen LogP contribution in [0.3, 0.4) is 0 Å². The number of anilines is 1. The summed E-state index contributed by atoms with van der Waals surface area (Å²) >= 11 is 0. The molecule has 20 heavy (non-hydrogen) atoms. The van der Waals surface area contributed by atoms with E-state index >= 15 is 0 Å². The Morgan fingerprint density at radius 1 is 1.25 bits per heavy atom. The normalized spacial score (nSPS) is 13.1. The topological polar surface area (TPSA) is 74.7 Å². The molecule has 1 rings (SSSR count). The van der Waals surface area contributed by atoms with Gasteiger partial charge in [-0.3, -0.25) is 9.10 Å². The van der Waals surface area contributed by atoms with Gasteiger partial charge in [0.25, 0.3) is 0 Å². The largest absolute Gasteiger partial charge is 0.481 e. The fourth-order valence-electron chi connectivity index (χ4n) is 2.29. The molecule has 0 amide bonds. The van der Waals surface area contributed by atoms with E-state index in [1.165, 1.54) is 11.2 Å². The average Bonchev–Trinajstić information content (AvgIpc) is 2.24. The minimum Gasteiger partial charge on any atom is -0.481 e. The van der Waals surface area contributed by atoms with E-state index in [0.717, 1.165) is 22.9 Å². The van der Waals surface area contributed by atoms with Crippen molar-refractivity contribution in [2.24, 2.45) is 5.92 Å². The highest BCUT2D eigenvalue weighted by atomic mass is 32.2. The van der Waals surface area contributed by atoms with Gasteiger partial charge in [0.05, 0.1) is 17.9 Å². The summed E-state index contributed by atoms with van der Waals surface area (Å²) in [6.07, 6.45) is 1.10. The molecule has 0 saturated carbocycles. The van der Waals surface area contributed by atoms with E-state index in [1.54, 1.807) is 0 Å². The van der Waals surface area contributed by atoms with Gasteiger partial charge < -0.3 is 5.11 Å². The molecule has 0 saturated heterocycles. The summed E-state index contributed by atoms with van der Waals surface area (Å²) in [5.41, 5.74) is 3.27. The molecule has 0 aliphatic rings. The molecule has 6 heteroatoms. The highest BCUT2D eigenvalue weighted by molar-refractivity contribution is 7.92. The fourth-order valence-corrected chi connectivity index (χ4v) is 3.40. The first-order valence-electron chi connectivity index (χ1n) is 6.32. The Morgan fingerprint density at radius 2 is 1.70 bits per heavy atom. The quantitative estimate of drug-likeness (QED) is 0.903. The van der Waals surface area contributed by atoms with Crippen molar-refractivity contribution in [1.82, 2.24) is 0 Å². The number of nitrogens with zero attached hydrogens (tertiary/aromatic N) is 1. The predicted molar refractivity (Wildman–Crippen MR) is 79.6 cm³/mol. The van der Waals surface area contributed by atoms with E-state index in [1.807, 2.05) is 32.9 Å². The van der Waals surface area contributed by atoms with Gasteiger partial charge in [0.1, 0.15) is 0 Å². The van der Waals surface area contributed by atoms with E-state index in [4.69, 9.17) is 5.11 Å². The number of aryl methyl sites for hydroxylation is 3. The van der Waals surface area contributed by atoms with Crippen LogP contribution in [0.25, 0.3) is 0 Å². The summed E-state index contributed by atoms with van der Waals surface area (Å²) < 4.78 is 25.2. The van der Waals surface area contributed by atoms with Crippen molar-refractivity contribution in [2.75, 3.05) is 17.1 Å². The number of aliphatic carboxylic acids is 1. The molecule has 0 radical (unpaired) electrons. The molecule has 0 heterocycles. The Kier molecular flexibility index (Phi) is 4.81. The first-order valence-corrected chi connectivity index (χ1v) is 8.17. The Balaban J connectivity index is 3.37. The highest BCUT2D eigenvalue weighted by Crippen LogP contribution is 2.29. The van der Waals surface area contributed by atoms with Crippen LogP contribution in [0.2, 0.25) is 0 Å². The van der Waals surface area contributed by atoms with Crippen LogP contribution in [0.1, 0.15) is 23.6 Å². The lowest BCUT2D eigenvalue weighted by Gasteiger charge is -2.27. The van der Waals surface area contributed by atoms with Crippen molar-refractivity contribution in [2.45, 2.75) is 27.7 Å². The Labute approximate surface area is 120 Å². The molecule has 0 fully saturated rings. The van der Waals surface area contributed by atoms with E-state index in [9.17, 15) is 13.2 Å². The fraction of sp³-hybridized carbons (Fsp3) is 0.500. The summed E-state index contributed by atoms with van der Waals surface area (Å²) in [4.78, 5) is 11.0. The van der Waals surface area contributed by atoms with Gasteiger partial charge in [0.15, 0.2) is 0 Å². The monoisotopic (exact) mass is 299 g/mol. The zero-order chi connectivity index (χ0) is 15.7. The van der Waals surface area contributed by atoms with Crippen LogP contribution in [0.15, 0.2) is 12.1 Å². The average molecular weight is 299 g/mol. The molecular weight excluding hydrogens is 278 g/mol. The van der Waals surface area contributed by atoms with E-state index in [-0.39, 0.29) is 6.54 Å². The van der Waals surface area contributed by atoms with Gasteiger partial charge in [-0.25, -0.2) is 8.42 Å². The molecule has 0 spiro atoms. The molecule has 1 N–H and O–H groups in total.